The minimum atomic E-state index is 0.0202. The number of hydrogen-bond donors (Lipinski definition) is 2. The number of carbonyl (C=O) groups excluding carboxylic acids is 1. The summed E-state index contributed by atoms with van der Waals surface area (Å²) in [7, 11) is 0. The van der Waals surface area contributed by atoms with Crippen LogP contribution in [0.2, 0.25) is 0 Å². The van der Waals surface area contributed by atoms with Gasteiger partial charge in [0, 0.05) is 25.4 Å². The topological polar surface area (TPSA) is 66.9 Å². The number of nitrogens with one attached hydrogen (secondary N) is 2. The van der Waals surface area contributed by atoms with Gasteiger partial charge in [-0.25, -0.2) is 4.98 Å². The average Bonchev–Trinajstić information content (AvgIpc) is 2.48. The van der Waals surface area contributed by atoms with E-state index in [9.17, 15) is 4.79 Å². The van der Waals surface area contributed by atoms with Crippen molar-refractivity contribution >= 4 is 17.4 Å². The van der Waals surface area contributed by atoms with Crippen LogP contribution in [0.25, 0.3) is 0 Å². The van der Waals surface area contributed by atoms with Gasteiger partial charge in [0.05, 0.1) is 11.9 Å². The van der Waals surface area contributed by atoms with E-state index in [2.05, 4.69) is 20.6 Å². The Labute approximate surface area is 118 Å². The Hall–Kier alpha value is -2.43. The van der Waals surface area contributed by atoms with Crippen LogP contribution in [0, 0.1) is 0 Å². The van der Waals surface area contributed by atoms with Crippen LogP contribution < -0.4 is 10.6 Å². The van der Waals surface area contributed by atoms with Crippen molar-refractivity contribution in [2.24, 2.45) is 0 Å². The number of pyridine rings is 2. The van der Waals surface area contributed by atoms with Crippen molar-refractivity contribution in [3.63, 3.8) is 0 Å². The third kappa shape index (κ3) is 4.35. The Kier molecular flexibility index (Phi) is 5.06. The van der Waals surface area contributed by atoms with E-state index < -0.39 is 0 Å². The van der Waals surface area contributed by atoms with Gasteiger partial charge in [-0.15, -0.1) is 0 Å². The Morgan fingerprint density at radius 1 is 1.20 bits per heavy atom. The summed E-state index contributed by atoms with van der Waals surface area (Å²) in [6.45, 7) is 2.67. The van der Waals surface area contributed by atoms with Gasteiger partial charge in [-0.3, -0.25) is 9.78 Å². The Morgan fingerprint density at radius 3 is 2.65 bits per heavy atom. The maximum absolute atomic E-state index is 11.4. The van der Waals surface area contributed by atoms with Crippen LogP contribution in [0.5, 0.6) is 0 Å². The second-order valence-electron chi connectivity index (χ2n) is 4.44. The van der Waals surface area contributed by atoms with E-state index in [4.69, 9.17) is 0 Å². The van der Waals surface area contributed by atoms with Crippen LogP contribution in [0.15, 0.2) is 42.9 Å². The van der Waals surface area contributed by atoms with Gasteiger partial charge >= 0.3 is 0 Å². The molecule has 0 aliphatic carbocycles. The third-order valence-electron chi connectivity index (χ3n) is 2.75. The molecular formula is C15H18N4O. The predicted molar refractivity (Wildman–Crippen MR) is 79.3 cm³/mol. The summed E-state index contributed by atoms with van der Waals surface area (Å²) >= 11 is 0. The standard InChI is InChI=1S/C15H18N4O/c1-2-3-15(20)19-13-4-5-14(18-11-13)17-10-12-6-8-16-9-7-12/h4-9,11H,2-3,10H2,1H3,(H,17,18)(H,19,20). The van der Waals surface area contributed by atoms with E-state index >= 15 is 0 Å². The van der Waals surface area contributed by atoms with E-state index in [1.807, 2.05) is 31.2 Å². The van der Waals surface area contributed by atoms with Crippen molar-refractivity contribution in [3.8, 4) is 0 Å². The van der Waals surface area contributed by atoms with Crippen molar-refractivity contribution < 1.29 is 4.79 Å². The summed E-state index contributed by atoms with van der Waals surface area (Å²) in [5, 5.41) is 6.02. The predicted octanol–water partition coefficient (Wildman–Crippen LogP) is 2.83. The van der Waals surface area contributed by atoms with Crippen molar-refractivity contribution in [2.75, 3.05) is 10.6 Å². The second-order valence-corrected chi connectivity index (χ2v) is 4.44. The molecule has 0 aromatic carbocycles. The van der Waals surface area contributed by atoms with Crippen LogP contribution in [-0.4, -0.2) is 15.9 Å². The molecule has 0 saturated heterocycles. The lowest BCUT2D eigenvalue weighted by atomic mass is 10.2. The van der Waals surface area contributed by atoms with Crippen LogP contribution in [-0.2, 0) is 11.3 Å². The molecule has 5 heteroatoms. The summed E-state index contributed by atoms with van der Waals surface area (Å²) in [6, 6.07) is 7.59. The number of rotatable bonds is 6. The smallest absolute Gasteiger partial charge is 0.224 e. The highest BCUT2D eigenvalue weighted by molar-refractivity contribution is 5.90. The fourth-order valence-electron chi connectivity index (χ4n) is 1.72. The first-order valence-corrected chi connectivity index (χ1v) is 6.66. The number of carbonyl (C=O) groups is 1. The van der Waals surface area contributed by atoms with Crippen molar-refractivity contribution in [1.29, 1.82) is 0 Å². The Morgan fingerprint density at radius 2 is 2.00 bits per heavy atom. The minimum absolute atomic E-state index is 0.0202. The molecule has 0 spiro atoms. The highest BCUT2D eigenvalue weighted by Crippen LogP contribution is 2.11. The number of hydrogen-bond acceptors (Lipinski definition) is 4. The zero-order valence-electron chi connectivity index (χ0n) is 11.5. The van der Waals surface area contributed by atoms with Gasteiger partial charge in [-0.1, -0.05) is 6.92 Å². The van der Waals surface area contributed by atoms with Crippen LogP contribution >= 0.6 is 0 Å². The van der Waals surface area contributed by atoms with E-state index in [-0.39, 0.29) is 5.91 Å². The zero-order chi connectivity index (χ0) is 14.2. The van der Waals surface area contributed by atoms with E-state index in [0.717, 1.165) is 23.5 Å². The normalized spacial score (nSPS) is 10.1. The van der Waals surface area contributed by atoms with Crippen LogP contribution in [0.1, 0.15) is 25.3 Å². The molecule has 0 bridgehead atoms. The molecule has 1 amide bonds. The quantitative estimate of drug-likeness (QED) is 0.847. The van der Waals surface area contributed by atoms with Gasteiger partial charge in [0.2, 0.25) is 5.91 Å². The van der Waals surface area contributed by atoms with E-state index in [1.165, 1.54) is 0 Å². The van der Waals surface area contributed by atoms with E-state index in [0.29, 0.717) is 13.0 Å². The molecule has 0 atom stereocenters. The lowest BCUT2D eigenvalue weighted by Gasteiger charge is -2.07. The maximum atomic E-state index is 11.4. The fraction of sp³-hybridized carbons (Fsp3) is 0.267. The lowest BCUT2D eigenvalue weighted by Crippen LogP contribution is -2.11. The third-order valence-corrected chi connectivity index (χ3v) is 2.75. The summed E-state index contributed by atoms with van der Waals surface area (Å²) < 4.78 is 0. The molecule has 0 aliphatic rings. The first kappa shape index (κ1) is 14.0. The van der Waals surface area contributed by atoms with E-state index in [1.54, 1.807) is 18.6 Å². The molecule has 0 fully saturated rings. The fourth-order valence-corrected chi connectivity index (χ4v) is 1.72. The van der Waals surface area contributed by atoms with Gasteiger partial charge in [0.25, 0.3) is 0 Å². The molecule has 2 aromatic rings. The van der Waals surface area contributed by atoms with Gasteiger partial charge < -0.3 is 10.6 Å². The highest BCUT2D eigenvalue weighted by atomic mass is 16.1. The summed E-state index contributed by atoms with van der Waals surface area (Å²) in [5.74, 6) is 0.794. The number of nitrogens with zero attached hydrogens (tertiary/aromatic N) is 2. The van der Waals surface area contributed by atoms with Crippen molar-refractivity contribution in [3.05, 3.63) is 48.4 Å². The van der Waals surface area contributed by atoms with Crippen LogP contribution in [0.3, 0.4) is 0 Å². The molecule has 5 nitrogen and oxygen atoms in total. The summed E-state index contributed by atoms with van der Waals surface area (Å²) in [6.07, 6.45) is 6.54. The van der Waals surface area contributed by atoms with Gasteiger partial charge in [-0.2, -0.15) is 0 Å². The molecule has 2 aromatic heterocycles. The zero-order valence-corrected chi connectivity index (χ0v) is 11.5. The Bertz CT molecular complexity index is 540. The molecular weight excluding hydrogens is 252 g/mol. The van der Waals surface area contributed by atoms with Gasteiger partial charge in [0.1, 0.15) is 5.82 Å². The average molecular weight is 270 g/mol. The number of anilines is 2. The second kappa shape index (κ2) is 7.23. The maximum Gasteiger partial charge on any atom is 0.224 e. The molecule has 0 aliphatic heterocycles. The first-order valence-electron chi connectivity index (χ1n) is 6.66. The van der Waals surface area contributed by atoms with Gasteiger partial charge in [0.15, 0.2) is 0 Å². The minimum Gasteiger partial charge on any atom is -0.366 e. The molecule has 2 heterocycles. The van der Waals surface area contributed by atoms with Gasteiger partial charge in [-0.05, 0) is 36.2 Å². The summed E-state index contributed by atoms with van der Waals surface area (Å²) in [4.78, 5) is 19.7. The Balaban J connectivity index is 1.87. The molecule has 0 saturated carbocycles. The largest absolute Gasteiger partial charge is 0.366 e. The first-order chi connectivity index (χ1) is 9.78. The summed E-state index contributed by atoms with van der Waals surface area (Å²) in [5.41, 5.74) is 1.86. The molecule has 2 rings (SSSR count). The highest BCUT2D eigenvalue weighted by Gasteiger charge is 2.01. The monoisotopic (exact) mass is 270 g/mol. The molecule has 2 N–H and O–H groups in total. The SMILES string of the molecule is CCCC(=O)Nc1ccc(NCc2ccncc2)nc1. The lowest BCUT2D eigenvalue weighted by molar-refractivity contribution is -0.116. The molecule has 20 heavy (non-hydrogen) atoms. The number of aromatic nitrogens is 2. The molecule has 0 unspecified atom stereocenters. The van der Waals surface area contributed by atoms with Crippen molar-refractivity contribution in [2.45, 2.75) is 26.3 Å². The number of amides is 1. The van der Waals surface area contributed by atoms with Crippen molar-refractivity contribution in [1.82, 2.24) is 9.97 Å². The van der Waals surface area contributed by atoms with Crippen LogP contribution in [0.4, 0.5) is 11.5 Å². The molecule has 104 valence electrons. The molecule has 0 radical (unpaired) electrons.